The number of nitrogens with two attached hydrogens (primary N) is 1. The molecular formula is C29H32FNO4. The van der Waals surface area contributed by atoms with Crippen LogP contribution in [0.1, 0.15) is 48.1 Å². The summed E-state index contributed by atoms with van der Waals surface area (Å²) in [5.74, 6) is -0.156. The molecule has 6 heteroatoms. The van der Waals surface area contributed by atoms with Gasteiger partial charge in [-0.25, -0.2) is 4.39 Å². The van der Waals surface area contributed by atoms with Crippen LogP contribution in [0, 0.1) is 11.7 Å². The second kappa shape index (κ2) is 11.5. The third-order valence-electron chi connectivity index (χ3n) is 6.46. The van der Waals surface area contributed by atoms with E-state index in [0.29, 0.717) is 28.4 Å². The Hall–Kier alpha value is -3.22. The minimum Gasteiger partial charge on any atom is -0.489 e. The smallest absolute Gasteiger partial charge is 0.307 e. The van der Waals surface area contributed by atoms with Crippen LogP contribution in [0.4, 0.5) is 4.39 Å². The first-order valence-electron chi connectivity index (χ1n) is 12.1. The number of aliphatic carboxylic acids is 1. The summed E-state index contributed by atoms with van der Waals surface area (Å²) in [5, 5.41) is 9.21. The van der Waals surface area contributed by atoms with Crippen molar-refractivity contribution in [3.05, 3.63) is 88.7 Å². The lowest BCUT2D eigenvalue weighted by atomic mass is 9.89. The molecule has 0 aliphatic carbocycles. The van der Waals surface area contributed by atoms with Crippen molar-refractivity contribution in [2.75, 3.05) is 13.2 Å². The van der Waals surface area contributed by atoms with Gasteiger partial charge in [0, 0.05) is 35.9 Å². The molecule has 0 unspecified atom stereocenters. The van der Waals surface area contributed by atoms with Crippen LogP contribution < -0.4 is 10.5 Å². The lowest BCUT2D eigenvalue weighted by Gasteiger charge is -2.23. The molecule has 3 aromatic rings. The minimum absolute atomic E-state index is 0.111. The summed E-state index contributed by atoms with van der Waals surface area (Å²) in [4.78, 5) is 11.2. The lowest BCUT2D eigenvalue weighted by Crippen LogP contribution is -2.17. The van der Waals surface area contributed by atoms with Gasteiger partial charge in [0.05, 0.1) is 6.42 Å². The van der Waals surface area contributed by atoms with E-state index in [1.165, 1.54) is 0 Å². The number of hydrogen-bond donors (Lipinski definition) is 2. The van der Waals surface area contributed by atoms with Gasteiger partial charge in [-0.15, -0.1) is 0 Å². The van der Waals surface area contributed by atoms with Gasteiger partial charge in [-0.3, -0.25) is 4.79 Å². The maximum absolute atomic E-state index is 15.4. The Kier molecular flexibility index (Phi) is 8.16. The fourth-order valence-corrected chi connectivity index (χ4v) is 4.64. The van der Waals surface area contributed by atoms with Crippen LogP contribution in [0.2, 0.25) is 0 Å². The first kappa shape index (κ1) is 24.9. The summed E-state index contributed by atoms with van der Waals surface area (Å²) in [6, 6.07) is 18.2. The van der Waals surface area contributed by atoms with Crippen molar-refractivity contribution in [2.24, 2.45) is 11.7 Å². The number of carboxylic acids is 1. The second-order valence-electron chi connectivity index (χ2n) is 9.26. The summed E-state index contributed by atoms with van der Waals surface area (Å²) in [7, 11) is 0. The van der Waals surface area contributed by atoms with Crippen LogP contribution in [0.3, 0.4) is 0 Å². The first-order chi connectivity index (χ1) is 16.9. The van der Waals surface area contributed by atoms with Crippen molar-refractivity contribution < 1.29 is 23.8 Å². The molecule has 1 fully saturated rings. The van der Waals surface area contributed by atoms with Gasteiger partial charge < -0.3 is 20.3 Å². The number of halogens is 1. The molecule has 4 rings (SSSR count). The summed E-state index contributed by atoms with van der Waals surface area (Å²) in [6.45, 7) is 3.56. The quantitative estimate of drug-likeness (QED) is 0.414. The number of ether oxygens (including phenoxy) is 2. The van der Waals surface area contributed by atoms with E-state index < -0.39 is 12.0 Å². The number of benzene rings is 3. The van der Waals surface area contributed by atoms with Crippen molar-refractivity contribution in [2.45, 2.75) is 45.3 Å². The summed E-state index contributed by atoms with van der Waals surface area (Å²) < 4.78 is 26.9. The molecule has 0 saturated carbocycles. The Labute approximate surface area is 205 Å². The lowest BCUT2D eigenvalue weighted by molar-refractivity contribution is -0.136. The summed E-state index contributed by atoms with van der Waals surface area (Å²) in [5.41, 5.74) is 10.4. The maximum Gasteiger partial charge on any atom is 0.307 e. The van der Waals surface area contributed by atoms with Crippen molar-refractivity contribution in [3.63, 3.8) is 0 Å². The predicted molar refractivity (Wildman–Crippen MR) is 134 cm³/mol. The zero-order chi connectivity index (χ0) is 24.8. The molecule has 3 aromatic carbocycles. The van der Waals surface area contributed by atoms with E-state index in [4.69, 9.17) is 15.2 Å². The third kappa shape index (κ3) is 6.47. The van der Waals surface area contributed by atoms with E-state index in [2.05, 4.69) is 12.1 Å². The average Bonchev–Trinajstić information content (AvgIpc) is 2.83. The molecule has 1 atom stereocenters. The molecule has 0 aromatic heterocycles. The molecule has 1 aliphatic rings. The third-order valence-corrected chi connectivity index (χ3v) is 6.46. The fraction of sp³-hybridized carbons (Fsp3) is 0.345. The highest BCUT2D eigenvalue weighted by atomic mass is 19.1. The van der Waals surface area contributed by atoms with Gasteiger partial charge in [0.2, 0.25) is 0 Å². The normalized spacial score (nSPS) is 15.1. The van der Waals surface area contributed by atoms with Crippen molar-refractivity contribution >= 4 is 5.97 Å². The maximum atomic E-state index is 15.4. The van der Waals surface area contributed by atoms with E-state index in [1.807, 2.05) is 18.2 Å². The minimum atomic E-state index is -0.911. The highest BCUT2D eigenvalue weighted by Gasteiger charge is 2.18. The van der Waals surface area contributed by atoms with E-state index in [1.54, 1.807) is 37.3 Å². The van der Waals surface area contributed by atoms with Gasteiger partial charge in [0.15, 0.2) is 0 Å². The molecule has 0 bridgehead atoms. The Bertz CT molecular complexity index is 1170. The first-order valence-corrected chi connectivity index (χ1v) is 12.1. The van der Waals surface area contributed by atoms with Crippen molar-refractivity contribution in [1.82, 2.24) is 0 Å². The largest absolute Gasteiger partial charge is 0.489 e. The highest BCUT2D eigenvalue weighted by Crippen LogP contribution is 2.31. The molecule has 1 heterocycles. The van der Waals surface area contributed by atoms with Gasteiger partial charge in [0.1, 0.15) is 18.2 Å². The molecular weight excluding hydrogens is 445 g/mol. The fourth-order valence-electron chi connectivity index (χ4n) is 4.64. The molecule has 35 heavy (non-hydrogen) atoms. The van der Waals surface area contributed by atoms with Gasteiger partial charge in [0.25, 0.3) is 0 Å². The van der Waals surface area contributed by atoms with E-state index in [9.17, 15) is 9.90 Å². The van der Waals surface area contributed by atoms with Crippen molar-refractivity contribution in [3.8, 4) is 16.9 Å². The number of carbonyl (C=O) groups is 1. The number of para-hydroxylation sites is 1. The number of hydrogen-bond acceptors (Lipinski definition) is 4. The topological polar surface area (TPSA) is 81.8 Å². The predicted octanol–water partition coefficient (Wildman–Crippen LogP) is 5.69. The molecule has 0 amide bonds. The molecule has 1 aliphatic heterocycles. The van der Waals surface area contributed by atoms with E-state index in [-0.39, 0.29) is 18.8 Å². The highest BCUT2D eigenvalue weighted by molar-refractivity contribution is 5.71. The van der Waals surface area contributed by atoms with Gasteiger partial charge >= 0.3 is 5.97 Å². The van der Waals surface area contributed by atoms with Gasteiger partial charge in [-0.1, -0.05) is 48.5 Å². The summed E-state index contributed by atoms with van der Waals surface area (Å²) in [6.07, 6.45) is 2.79. The molecule has 0 spiro atoms. The molecule has 5 nitrogen and oxygen atoms in total. The zero-order valence-electron chi connectivity index (χ0n) is 20.0. The SMILES string of the molecule is C[C@@H](N)c1cccc(-c2cc(COc3ccccc3CC(=O)O)cc(CC3CCOCC3)c2)c1F. The van der Waals surface area contributed by atoms with Crippen LogP contribution in [-0.4, -0.2) is 24.3 Å². The second-order valence-corrected chi connectivity index (χ2v) is 9.26. The Morgan fingerprint density at radius 3 is 2.60 bits per heavy atom. The summed E-state index contributed by atoms with van der Waals surface area (Å²) >= 11 is 0. The molecule has 184 valence electrons. The van der Waals surface area contributed by atoms with Crippen LogP contribution in [0.5, 0.6) is 5.75 Å². The number of carboxylic acid groups (broad SMARTS) is 1. The average molecular weight is 478 g/mol. The number of rotatable bonds is 9. The zero-order valence-corrected chi connectivity index (χ0v) is 20.0. The molecule has 0 radical (unpaired) electrons. The standard InChI is InChI=1S/C29H32FNO4/c1-19(31)25-6-4-7-26(29(25)30)24-15-21(13-20-9-11-34-12-10-20)14-22(16-24)18-35-27-8-3-2-5-23(27)17-28(32)33/h2-8,14-16,19-20H,9-13,17-18,31H2,1H3,(H,32,33)/t19-/m1/s1. The molecule has 1 saturated heterocycles. The van der Waals surface area contributed by atoms with Gasteiger partial charge in [-0.05, 0) is 60.9 Å². The van der Waals surface area contributed by atoms with Crippen molar-refractivity contribution in [1.29, 1.82) is 0 Å². The Balaban J connectivity index is 1.66. The van der Waals surface area contributed by atoms with Crippen LogP contribution in [0.25, 0.3) is 11.1 Å². The van der Waals surface area contributed by atoms with Crippen LogP contribution in [-0.2, 0) is 29.0 Å². The van der Waals surface area contributed by atoms with E-state index in [0.717, 1.165) is 49.2 Å². The van der Waals surface area contributed by atoms with Crippen LogP contribution in [0.15, 0.2) is 60.7 Å². The Morgan fingerprint density at radius 2 is 1.86 bits per heavy atom. The monoisotopic (exact) mass is 477 g/mol. The van der Waals surface area contributed by atoms with E-state index >= 15 is 4.39 Å². The van der Waals surface area contributed by atoms with Crippen LogP contribution >= 0.6 is 0 Å². The molecule has 3 N–H and O–H groups in total. The Morgan fingerprint density at radius 1 is 1.11 bits per heavy atom. The van der Waals surface area contributed by atoms with Gasteiger partial charge in [-0.2, -0.15) is 0 Å².